The molecule has 0 saturated carbocycles. The van der Waals surface area contributed by atoms with Crippen molar-refractivity contribution in [2.45, 2.75) is 25.4 Å². The van der Waals surface area contributed by atoms with Gasteiger partial charge in [-0.05, 0) is 25.5 Å². The summed E-state index contributed by atoms with van der Waals surface area (Å²) in [5.41, 5.74) is 2.07. The van der Waals surface area contributed by atoms with Crippen molar-refractivity contribution in [2.24, 2.45) is 0 Å². The Morgan fingerprint density at radius 2 is 2.27 bits per heavy atom. The minimum Gasteiger partial charge on any atom is -0.508 e. The van der Waals surface area contributed by atoms with Crippen LogP contribution in [0.1, 0.15) is 24.8 Å². The minimum atomic E-state index is -0.325. The summed E-state index contributed by atoms with van der Waals surface area (Å²) in [5.74, 6) is 0.591. The van der Waals surface area contributed by atoms with Gasteiger partial charge < -0.3 is 15.1 Å². The number of rotatable bonds is 2. The van der Waals surface area contributed by atoms with Crippen molar-refractivity contribution >= 4 is 5.69 Å². The van der Waals surface area contributed by atoms with Crippen LogP contribution in [0.2, 0.25) is 0 Å². The van der Waals surface area contributed by atoms with Gasteiger partial charge in [-0.25, -0.2) is 0 Å². The molecule has 0 aliphatic carbocycles. The first-order valence-electron chi connectivity index (χ1n) is 5.30. The van der Waals surface area contributed by atoms with E-state index in [2.05, 4.69) is 4.90 Å². The van der Waals surface area contributed by atoms with Gasteiger partial charge in [-0.1, -0.05) is 6.07 Å². The van der Waals surface area contributed by atoms with E-state index < -0.39 is 0 Å². The molecule has 2 rings (SSSR count). The van der Waals surface area contributed by atoms with Crippen LogP contribution in [0, 0.1) is 0 Å². The van der Waals surface area contributed by atoms with Crippen molar-refractivity contribution < 1.29 is 10.2 Å². The third kappa shape index (κ3) is 1.79. The van der Waals surface area contributed by atoms with Crippen LogP contribution in [0.15, 0.2) is 18.2 Å². The van der Waals surface area contributed by atoms with Crippen molar-refractivity contribution in [3.05, 3.63) is 23.8 Å². The lowest BCUT2D eigenvalue weighted by molar-refractivity contribution is 0.176. The summed E-state index contributed by atoms with van der Waals surface area (Å²) in [6.07, 6.45) is 0.378. The topological polar surface area (TPSA) is 43.7 Å². The number of phenols is 1. The van der Waals surface area contributed by atoms with Crippen LogP contribution >= 0.6 is 0 Å². The van der Waals surface area contributed by atoms with E-state index in [-0.39, 0.29) is 12.0 Å². The third-order valence-electron chi connectivity index (χ3n) is 3.00. The number of aromatic hydroxyl groups is 1. The van der Waals surface area contributed by atoms with Gasteiger partial charge in [-0.3, -0.25) is 0 Å². The number of likely N-dealkylation sites (N-methyl/N-ethyl adjacent to an activating group) is 1. The number of fused-ring (bicyclic) bond motifs is 1. The van der Waals surface area contributed by atoms with E-state index in [0.717, 1.165) is 17.8 Å². The van der Waals surface area contributed by atoms with Gasteiger partial charge in [0.2, 0.25) is 0 Å². The molecule has 1 heterocycles. The first-order valence-corrected chi connectivity index (χ1v) is 5.30. The number of anilines is 1. The number of benzene rings is 1. The average molecular weight is 207 g/mol. The summed E-state index contributed by atoms with van der Waals surface area (Å²) < 4.78 is 0. The monoisotopic (exact) mass is 207 g/mol. The molecule has 3 heteroatoms. The fourth-order valence-electron chi connectivity index (χ4n) is 2.42. The highest BCUT2D eigenvalue weighted by Gasteiger charge is 2.29. The second-order valence-electron chi connectivity index (χ2n) is 4.37. The van der Waals surface area contributed by atoms with Gasteiger partial charge in [0.25, 0.3) is 0 Å². The molecule has 2 unspecified atom stereocenters. The lowest BCUT2D eigenvalue weighted by Crippen LogP contribution is -2.17. The zero-order valence-corrected chi connectivity index (χ0v) is 9.14. The number of aliphatic hydroxyl groups is 1. The van der Waals surface area contributed by atoms with Crippen molar-refractivity contribution in [1.29, 1.82) is 0 Å². The predicted octanol–water partition coefficient (Wildman–Crippen LogP) is 1.70. The maximum atomic E-state index is 9.82. The van der Waals surface area contributed by atoms with Crippen LogP contribution in [0.3, 0.4) is 0 Å². The first-order chi connectivity index (χ1) is 7.09. The maximum absolute atomic E-state index is 9.82. The predicted molar refractivity (Wildman–Crippen MR) is 60.4 cm³/mol. The van der Waals surface area contributed by atoms with Gasteiger partial charge in [0, 0.05) is 30.8 Å². The minimum absolute atomic E-state index is 0.242. The molecular formula is C12H17NO2. The number of hydrogen-bond donors (Lipinski definition) is 2. The van der Waals surface area contributed by atoms with E-state index in [1.807, 2.05) is 19.2 Å². The molecule has 1 aliphatic rings. The van der Waals surface area contributed by atoms with Gasteiger partial charge in [0.1, 0.15) is 5.75 Å². The maximum Gasteiger partial charge on any atom is 0.121 e. The number of aliphatic hydroxyl groups excluding tert-OH is 1. The van der Waals surface area contributed by atoms with Crippen molar-refractivity contribution in [2.75, 3.05) is 18.5 Å². The van der Waals surface area contributed by atoms with Gasteiger partial charge in [-0.15, -0.1) is 0 Å². The highest BCUT2D eigenvalue weighted by atomic mass is 16.3. The summed E-state index contributed by atoms with van der Waals surface area (Å²) in [6.45, 7) is 2.66. The molecule has 3 nitrogen and oxygen atoms in total. The SMILES string of the molecule is CC(O)CC1CN(C)c2cccc(O)c21. The highest BCUT2D eigenvalue weighted by Crippen LogP contribution is 2.42. The van der Waals surface area contributed by atoms with Crippen molar-refractivity contribution in [1.82, 2.24) is 0 Å². The van der Waals surface area contributed by atoms with Gasteiger partial charge in [0.05, 0.1) is 6.10 Å². The fourth-order valence-corrected chi connectivity index (χ4v) is 2.42. The van der Waals surface area contributed by atoms with Crippen molar-refractivity contribution in [3.63, 3.8) is 0 Å². The van der Waals surface area contributed by atoms with E-state index in [1.54, 1.807) is 13.0 Å². The van der Waals surface area contributed by atoms with Crippen LogP contribution < -0.4 is 4.90 Å². The summed E-state index contributed by atoms with van der Waals surface area (Å²) >= 11 is 0. The van der Waals surface area contributed by atoms with E-state index in [1.165, 1.54) is 0 Å². The Morgan fingerprint density at radius 3 is 2.93 bits per heavy atom. The van der Waals surface area contributed by atoms with E-state index in [4.69, 9.17) is 0 Å². The lowest BCUT2D eigenvalue weighted by atomic mass is 9.95. The van der Waals surface area contributed by atoms with Gasteiger partial charge in [0.15, 0.2) is 0 Å². The standard InChI is InChI=1S/C12H17NO2/c1-8(14)6-9-7-13(2)10-4-3-5-11(15)12(9)10/h3-5,8-9,14-15H,6-7H2,1-2H3. The van der Waals surface area contributed by atoms with E-state index >= 15 is 0 Å². The van der Waals surface area contributed by atoms with E-state index in [0.29, 0.717) is 12.2 Å². The molecule has 0 bridgehead atoms. The second kappa shape index (κ2) is 3.74. The molecular weight excluding hydrogens is 190 g/mol. The molecule has 2 atom stereocenters. The van der Waals surface area contributed by atoms with Crippen LogP contribution in [-0.4, -0.2) is 29.9 Å². The van der Waals surface area contributed by atoms with Crippen LogP contribution in [-0.2, 0) is 0 Å². The third-order valence-corrected chi connectivity index (χ3v) is 3.00. The number of hydrogen-bond acceptors (Lipinski definition) is 3. The largest absolute Gasteiger partial charge is 0.508 e. The molecule has 0 radical (unpaired) electrons. The molecule has 0 aromatic heterocycles. The molecule has 1 aromatic rings. The molecule has 2 N–H and O–H groups in total. The molecule has 82 valence electrons. The molecule has 0 saturated heterocycles. The Hall–Kier alpha value is -1.22. The molecule has 15 heavy (non-hydrogen) atoms. The Bertz CT molecular complexity index is 361. The number of phenolic OH excluding ortho intramolecular Hbond substituents is 1. The molecule has 0 spiro atoms. The van der Waals surface area contributed by atoms with Crippen LogP contribution in [0.5, 0.6) is 5.75 Å². The average Bonchev–Trinajstić information content (AvgIpc) is 2.44. The fraction of sp³-hybridized carbons (Fsp3) is 0.500. The Labute approximate surface area is 90.0 Å². The molecule has 0 amide bonds. The zero-order valence-electron chi connectivity index (χ0n) is 9.14. The molecule has 0 fully saturated rings. The number of nitrogens with zero attached hydrogens (tertiary/aromatic N) is 1. The Balaban J connectivity index is 2.35. The van der Waals surface area contributed by atoms with Gasteiger partial charge in [-0.2, -0.15) is 0 Å². The zero-order chi connectivity index (χ0) is 11.0. The highest BCUT2D eigenvalue weighted by molar-refractivity contribution is 5.64. The quantitative estimate of drug-likeness (QED) is 0.775. The smallest absolute Gasteiger partial charge is 0.121 e. The van der Waals surface area contributed by atoms with Gasteiger partial charge >= 0.3 is 0 Å². The Kier molecular flexibility index (Phi) is 2.57. The van der Waals surface area contributed by atoms with Crippen LogP contribution in [0.4, 0.5) is 5.69 Å². The molecule has 1 aromatic carbocycles. The summed E-state index contributed by atoms with van der Waals surface area (Å²) in [6, 6.07) is 5.58. The van der Waals surface area contributed by atoms with Crippen LogP contribution in [0.25, 0.3) is 0 Å². The summed E-state index contributed by atoms with van der Waals surface area (Å²) in [5, 5.41) is 19.2. The molecule has 1 aliphatic heterocycles. The van der Waals surface area contributed by atoms with Crippen molar-refractivity contribution in [3.8, 4) is 5.75 Å². The summed E-state index contributed by atoms with van der Waals surface area (Å²) in [7, 11) is 2.01. The van der Waals surface area contributed by atoms with E-state index in [9.17, 15) is 10.2 Å². The first kappa shape index (κ1) is 10.3. The Morgan fingerprint density at radius 1 is 1.53 bits per heavy atom. The second-order valence-corrected chi connectivity index (χ2v) is 4.37. The lowest BCUT2D eigenvalue weighted by Gasteiger charge is -2.14. The normalized spacial score (nSPS) is 21.5. The summed E-state index contributed by atoms with van der Waals surface area (Å²) in [4.78, 5) is 2.13.